The number of carbonyl (C=O) groups excluding carboxylic acids is 2. The Kier molecular flexibility index (Phi) is 5.25. The smallest absolute Gasteiger partial charge is 0.264 e. The zero-order valence-corrected chi connectivity index (χ0v) is 17.5. The molecule has 31 heavy (non-hydrogen) atoms. The van der Waals surface area contributed by atoms with Crippen LogP contribution in [0.4, 0.5) is 5.69 Å². The maximum Gasteiger partial charge on any atom is 0.264 e. The topological polar surface area (TPSA) is 76.1 Å². The first-order valence-corrected chi connectivity index (χ1v) is 9.84. The van der Waals surface area contributed by atoms with Gasteiger partial charge in [0.15, 0.2) is 11.4 Å². The number of hydrogen-bond donors (Lipinski definition) is 1. The number of hydrogen-bond acceptors (Lipinski definition) is 5. The summed E-state index contributed by atoms with van der Waals surface area (Å²) in [5.41, 5.74) is -0.171. The average molecular weight is 417 g/mol. The summed E-state index contributed by atoms with van der Waals surface area (Å²) < 4.78 is 10.4. The number of methoxy groups -OCH3 is 2. The lowest BCUT2D eigenvalue weighted by Crippen LogP contribution is -2.46. The Morgan fingerprint density at radius 2 is 1.45 bits per heavy atom. The molecule has 1 amide bonds. The summed E-state index contributed by atoms with van der Waals surface area (Å²) in [4.78, 5) is 28.5. The van der Waals surface area contributed by atoms with Crippen LogP contribution >= 0.6 is 0 Å². The number of ether oxygens (including phenoxy) is 2. The van der Waals surface area contributed by atoms with Gasteiger partial charge in [-0.1, -0.05) is 30.3 Å². The number of likely N-dealkylation sites (N-methyl/N-ethyl adjacent to an activating group) is 1. The standard InChI is InChI=1S/C25H23NO5/c1-26-21-7-5-4-6-20(21)25(29,24(26)28)22(16-8-12-18(30-2)13-9-16)23(27)17-10-14-19(31-3)15-11-17/h4-15,22,29H,1-3H3/t22-,25+/m1/s1. The lowest BCUT2D eigenvalue weighted by molar-refractivity contribution is -0.137. The minimum Gasteiger partial charge on any atom is -0.497 e. The number of aliphatic hydroxyl groups is 1. The third kappa shape index (κ3) is 3.25. The Morgan fingerprint density at radius 1 is 0.903 bits per heavy atom. The average Bonchev–Trinajstić information content (AvgIpc) is 3.01. The molecule has 6 heteroatoms. The SMILES string of the molecule is COc1ccc(C(=O)[C@@H](c2ccc(OC)cc2)[C@]2(O)C(=O)N(C)c3ccccc32)cc1. The Labute approximate surface area is 180 Å². The zero-order chi connectivity index (χ0) is 22.2. The Hall–Kier alpha value is -3.64. The number of Topliss-reactive ketones (excluding diaryl/α,β-unsaturated/α-hetero) is 1. The van der Waals surface area contributed by atoms with E-state index < -0.39 is 17.4 Å². The summed E-state index contributed by atoms with van der Waals surface area (Å²) in [6.45, 7) is 0. The van der Waals surface area contributed by atoms with Gasteiger partial charge in [-0.15, -0.1) is 0 Å². The van der Waals surface area contributed by atoms with Crippen LogP contribution in [0.25, 0.3) is 0 Å². The third-order valence-corrected chi connectivity index (χ3v) is 5.81. The minimum atomic E-state index is -2.04. The number of benzene rings is 3. The van der Waals surface area contributed by atoms with E-state index in [1.165, 1.54) is 4.90 Å². The highest BCUT2D eigenvalue weighted by Gasteiger charge is 2.56. The molecule has 0 saturated heterocycles. The van der Waals surface area contributed by atoms with E-state index >= 15 is 0 Å². The van der Waals surface area contributed by atoms with Crippen molar-refractivity contribution in [3.63, 3.8) is 0 Å². The predicted octanol–water partition coefficient (Wildman–Crippen LogP) is 3.53. The minimum absolute atomic E-state index is 0.367. The molecule has 1 aliphatic rings. The first-order chi connectivity index (χ1) is 14.9. The normalized spacial score (nSPS) is 18.5. The van der Waals surface area contributed by atoms with Crippen molar-refractivity contribution < 1.29 is 24.2 Å². The van der Waals surface area contributed by atoms with Crippen molar-refractivity contribution in [1.82, 2.24) is 0 Å². The molecule has 1 heterocycles. The van der Waals surface area contributed by atoms with Gasteiger partial charge < -0.3 is 19.5 Å². The van der Waals surface area contributed by atoms with Gasteiger partial charge >= 0.3 is 0 Å². The fourth-order valence-corrected chi connectivity index (χ4v) is 4.15. The van der Waals surface area contributed by atoms with Crippen LogP contribution in [0.1, 0.15) is 27.4 Å². The van der Waals surface area contributed by atoms with Crippen LogP contribution in [0.5, 0.6) is 11.5 Å². The summed E-state index contributed by atoms with van der Waals surface area (Å²) in [5, 5.41) is 11.9. The fourth-order valence-electron chi connectivity index (χ4n) is 4.15. The van der Waals surface area contributed by atoms with Crippen LogP contribution in [0, 0.1) is 0 Å². The van der Waals surface area contributed by atoms with Gasteiger partial charge in [0.1, 0.15) is 11.5 Å². The Morgan fingerprint density at radius 3 is 2.03 bits per heavy atom. The second-order valence-corrected chi connectivity index (χ2v) is 7.45. The molecular weight excluding hydrogens is 394 g/mol. The van der Waals surface area contributed by atoms with Gasteiger partial charge in [-0.3, -0.25) is 9.59 Å². The molecule has 6 nitrogen and oxygen atoms in total. The van der Waals surface area contributed by atoms with Crippen molar-refractivity contribution in [2.75, 3.05) is 26.2 Å². The van der Waals surface area contributed by atoms with Crippen LogP contribution in [0.3, 0.4) is 0 Å². The molecule has 158 valence electrons. The van der Waals surface area contributed by atoms with Crippen molar-refractivity contribution in [3.05, 3.63) is 89.5 Å². The van der Waals surface area contributed by atoms with Crippen LogP contribution in [0.15, 0.2) is 72.8 Å². The molecule has 0 unspecified atom stereocenters. The maximum atomic E-state index is 13.8. The lowest BCUT2D eigenvalue weighted by atomic mass is 9.74. The highest BCUT2D eigenvalue weighted by Crippen LogP contribution is 2.49. The first kappa shape index (κ1) is 20.6. The van der Waals surface area contributed by atoms with Crippen molar-refractivity contribution in [3.8, 4) is 11.5 Å². The predicted molar refractivity (Wildman–Crippen MR) is 117 cm³/mol. The van der Waals surface area contributed by atoms with E-state index in [0.717, 1.165) is 0 Å². The molecule has 0 bridgehead atoms. The number of anilines is 1. The molecule has 0 fully saturated rings. The highest BCUT2D eigenvalue weighted by molar-refractivity contribution is 6.13. The molecule has 0 radical (unpaired) electrons. The largest absolute Gasteiger partial charge is 0.497 e. The Balaban J connectivity index is 1.90. The van der Waals surface area contributed by atoms with Crippen molar-refractivity contribution >= 4 is 17.4 Å². The number of rotatable bonds is 6. The molecule has 2 atom stereocenters. The zero-order valence-electron chi connectivity index (χ0n) is 17.5. The van der Waals surface area contributed by atoms with E-state index in [4.69, 9.17) is 9.47 Å². The first-order valence-electron chi connectivity index (χ1n) is 9.84. The van der Waals surface area contributed by atoms with Crippen LogP contribution in [-0.4, -0.2) is 38.1 Å². The lowest BCUT2D eigenvalue weighted by Gasteiger charge is -2.31. The molecule has 0 aliphatic carbocycles. The molecule has 0 saturated carbocycles. The van der Waals surface area contributed by atoms with E-state index in [-0.39, 0.29) is 5.78 Å². The van der Waals surface area contributed by atoms with Gasteiger partial charge in [-0.05, 0) is 48.0 Å². The van der Waals surface area contributed by atoms with Gasteiger partial charge in [0.25, 0.3) is 5.91 Å². The number of fused-ring (bicyclic) bond motifs is 1. The number of amides is 1. The molecule has 0 spiro atoms. The summed E-state index contributed by atoms with van der Waals surface area (Å²) in [7, 11) is 4.69. The quantitative estimate of drug-likeness (QED) is 0.621. The van der Waals surface area contributed by atoms with E-state index in [1.807, 2.05) is 0 Å². The number of nitrogens with zero attached hydrogens (tertiary/aromatic N) is 1. The van der Waals surface area contributed by atoms with E-state index in [1.54, 1.807) is 94.1 Å². The van der Waals surface area contributed by atoms with Crippen LogP contribution < -0.4 is 14.4 Å². The maximum absolute atomic E-state index is 13.8. The molecular formula is C25H23NO5. The summed E-state index contributed by atoms with van der Waals surface area (Å²) >= 11 is 0. The number of ketones is 1. The monoisotopic (exact) mass is 417 g/mol. The summed E-state index contributed by atoms with van der Waals surface area (Å²) in [6, 6.07) is 20.5. The molecule has 1 aliphatic heterocycles. The van der Waals surface area contributed by atoms with E-state index in [0.29, 0.717) is 33.9 Å². The van der Waals surface area contributed by atoms with Gasteiger partial charge in [-0.25, -0.2) is 0 Å². The van der Waals surface area contributed by atoms with E-state index in [2.05, 4.69) is 0 Å². The summed E-state index contributed by atoms with van der Waals surface area (Å²) in [5.74, 6) is -0.838. The number of carbonyl (C=O) groups is 2. The molecule has 0 aromatic heterocycles. The summed E-state index contributed by atoms with van der Waals surface area (Å²) in [6.07, 6.45) is 0. The second kappa shape index (κ2) is 7.89. The third-order valence-electron chi connectivity index (χ3n) is 5.81. The molecule has 4 rings (SSSR count). The van der Waals surface area contributed by atoms with Gasteiger partial charge in [0, 0.05) is 18.2 Å². The van der Waals surface area contributed by atoms with Crippen LogP contribution in [-0.2, 0) is 10.4 Å². The van der Waals surface area contributed by atoms with Gasteiger partial charge in [-0.2, -0.15) is 0 Å². The Bertz CT molecular complexity index is 1120. The van der Waals surface area contributed by atoms with E-state index in [9.17, 15) is 14.7 Å². The van der Waals surface area contributed by atoms with Crippen molar-refractivity contribution in [1.29, 1.82) is 0 Å². The van der Waals surface area contributed by atoms with Crippen molar-refractivity contribution in [2.24, 2.45) is 0 Å². The van der Waals surface area contributed by atoms with Crippen LogP contribution in [0.2, 0.25) is 0 Å². The highest BCUT2D eigenvalue weighted by atomic mass is 16.5. The van der Waals surface area contributed by atoms with Gasteiger partial charge in [0.05, 0.1) is 25.8 Å². The molecule has 3 aromatic rings. The molecule has 1 N–H and O–H groups in total. The van der Waals surface area contributed by atoms with Crippen molar-refractivity contribution in [2.45, 2.75) is 11.5 Å². The van der Waals surface area contributed by atoms with Gasteiger partial charge in [0.2, 0.25) is 0 Å². The second-order valence-electron chi connectivity index (χ2n) is 7.45. The fraction of sp³-hybridized carbons (Fsp3) is 0.200. The number of para-hydroxylation sites is 1. The molecule has 3 aromatic carbocycles.